The number of pyridine rings is 1. The predicted octanol–water partition coefficient (Wildman–Crippen LogP) is 5.02. The van der Waals surface area contributed by atoms with E-state index in [0.717, 1.165) is 41.7 Å². The third-order valence-electron chi connectivity index (χ3n) is 4.76. The van der Waals surface area contributed by atoms with Gasteiger partial charge in [0.2, 0.25) is 0 Å². The molecule has 3 aromatic rings. The number of guanidine groups is 1. The molecule has 1 aromatic heterocycles. The molecular weight excluding hydrogens is 489 g/mol. The van der Waals surface area contributed by atoms with Gasteiger partial charge >= 0.3 is 0 Å². The number of anilines is 2. The highest BCUT2D eigenvalue weighted by molar-refractivity contribution is 14.0. The Kier molecular flexibility index (Phi) is 7.89. The normalized spacial score (nSPS) is 13.6. The number of hydrogen-bond donors (Lipinski definition) is 2. The van der Waals surface area contributed by atoms with E-state index in [2.05, 4.69) is 32.3 Å². The molecular formula is C23H26IN5O. The minimum atomic E-state index is 0. The molecule has 3 N–H and O–H groups in total. The first-order valence-electron chi connectivity index (χ1n) is 9.86. The van der Waals surface area contributed by atoms with Gasteiger partial charge in [-0.3, -0.25) is 0 Å². The van der Waals surface area contributed by atoms with Crippen LogP contribution in [-0.4, -0.2) is 24.0 Å². The van der Waals surface area contributed by atoms with Gasteiger partial charge in [0.05, 0.1) is 6.54 Å². The SMILES string of the molecule is I.NC(=NCc1ccc(N2CCCC2)nc1)Nc1cccc(Oc2ccccc2)c1. The van der Waals surface area contributed by atoms with Crippen molar-refractivity contribution in [2.45, 2.75) is 19.4 Å². The zero-order valence-electron chi connectivity index (χ0n) is 16.7. The molecule has 2 aromatic carbocycles. The molecule has 0 spiro atoms. The molecule has 1 fully saturated rings. The molecule has 0 unspecified atom stereocenters. The molecule has 1 aliphatic rings. The van der Waals surface area contributed by atoms with E-state index in [9.17, 15) is 0 Å². The van der Waals surface area contributed by atoms with Crippen molar-refractivity contribution in [1.29, 1.82) is 0 Å². The van der Waals surface area contributed by atoms with E-state index in [4.69, 9.17) is 10.5 Å². The van der Waals surface area contributed by atoms with Crippen LogP contribution in [0.3, 0.4) is 0 Å². The molecule has 7 heteroatoms. The Morgan fingerprint density at radius 1 is 1.00 bits per heavy atom. The van der Waals surface area contributed by atoms with Gasteiger partial charge in [0, 0.05) is 31.0 Å². The van der Waals surface area contributed by atoms with Crippen molar-refractivity contribution >= 4 is 41.4 Å². The summed E-state index contributed by atoms with van der Waals surface area (Å²) in [6.45, 7) is 2.66. The number of aliphatic imine (C=N–C) groups is 1. The van der Waals surface area contributed by atoms with Gasteiger partial charge in [-0.05, 0) is 48.7 Å². The second kappa shape index (κ2) is 10.8. The molecule has 1 saturated heterocycles. The number of rotatable bonds is 6. The van der Waals surface area contributed by atoms with E-state index in [-0.39, 0.29) is 24.0 Å². The van der Waals surface area contributed by atoms with Crippen LogP contribution in [0.25, 0.3) is 0 Å². The fourth-order valence-electron chi connectivity index (χ4n) is 3.27. The van der Waals surface area contributed by atoms with E-state index in [0.29, 0.717) is 12.5 Å². The van der Waals surface area contributed by atoms with Crippen molar-refractivity contribution in [3.05, 3.63) is 78.5 Å². The summed E-state index contributed by atoms with van der Waals surface area (Å²) in [5.74, 6) is 2.91. The summed E-state index contributed by atoms with van der Waals surface area (Å²) < 4.78 is 5.85. The average Bonchev–Trinajstić information content (AvgIpc) is 3.29. The van der Waals surface area contributed by atoms with Crippen molar-refractivity contribution < 1.29 is 4.74 Å². The Bertz CT molecular complexity index is 957. The van der Waals surface area contributed by atoms with Gasteiger partial charge in [0.1, 0.15) is 17.3 Å². The number of halogens is 1. The minimum absolute atomic E-state index is 0. The lowest BCUT2D eigenvalue weighted by Gasteiger charge is -2.16. The van der Waals surface area contributed by atoms with Gasteiger partial charge in [-0.25, -0.2) is 9.98 Å². The van der Waals surface area contributed by atoms with Crippen LogP contribution < -0.4 is 20.7 Å². The summed E-state index contributed by atoms with van der Waals surface area (Å²) in [4.78, 5) is 11.3. The monoisotopic (exact) mass is 515 g/mol. The number of nitrogens with zero attached hydrogens (tertiary/aromatic N) is 3. The van der Waals surface area contributed by atoms with Crippen molar-refractivity contribution in [3.8, 4) is 11.5 Å². The number of nitrogens with two attached hydrogens (primary N) is 1. The third kappa shape index (κ3) is 6.09. The summed E-state index contributed by atoms with van der Waals surface area (Å²) in [7, 11) is 0. The van der Waals surface area contributed by atoms with Crippen LogP contribution >= 0.6 is 24.0 Å². The van der Waals surface area contributed by atoms with E-state index < -0.39 is 0 Å². The van der Waals surface area contributed by atoms with E-state index >= 15 is 0 Å². The van der Waals surface area contributed by atoms with Crippen molar-refractivity contribution in [2.24, 2.45) is 10.7 Å². The molecule has 30 heavy (non-hydrogen) atoms. The predicted molar refractivity (Wildman–Crippen MR) is 133 cm³/mol. The molecule has 0 amide bonds. The Balaban J connectivity index is 0.00000256. The first-order chi connectivity index (χ1) is 14.3. The molecule has 2 heterocycles. The quantitative estimate of drug-likeness (QED) is 0.274. The first kappa shape index (κ1) is 21.9. The molecule has 156 valence electrons. The number of aromatic nitrogens is 1. The van der Waals surface area contributed by atoms with Crippen LogP contribution in [-0.2, 0) is 6.54 Å². The minimum Gasteiger partial charge on any atom is -0.457 e. The lowest BCUT2D eigenvalue weighted by atomic mass is 10.3. The van der Waals surface area contributed by atoms with Crippen LogP contribution in [0.15, 0.2) is 77.9 Å². The highest BCUT2D eigenvalue weighted by Gasteiger charge is 2.12. The fourth-order valence-corrected chi connectivity index (χ4v) is 3.27. The highest BCUT2D eigenvalue weighted by Crippen LogP contribution is 2.23. The van der Waals surface area contributed by atoms with Crippen LogP contribution in [0.1, 0.15) is 18.4 Å². The maximum absolute atomic E-state index is 6.06. The molecule has 0 saturated carbocycles. The molecule has 6 nitrogen and oxygen atoms in total. The molecule has 0 bridgehead atoms. The standard InChI is InChI=1S/C23H25N5O.HI/c24-23(26-17-18-11-12-22(25-16-18)28-13-4-5-14-28)27-19-7-6-10-21(15-19)29-20-8-2-1-3-9-20;/h1-3,6-12,15-16H,4-5,13-14,17H2,(H3,24,26,27);1H. The molecule has 0 radical (unpaired) electrons. The van der Waals surface area contributed by atoms with Crippen molar-refractivity contribution in [2.75, 3.05) is 23.3 Å². The van der Waals surface area contributed by atoms with Crippen molar-refractivity contribution in [1.82, 2.24) is 4.98 Å². The zero-order valence-corrected chi connectivity index (χ0v) is 19.0. The number of ether oxygens (including phenoxy) is 1. The average molecular weight is 515 g/mol. The van der Waals surface area contributed by atoms with E-state index in [1.807, 2.05) is 60.8 Å². The molecule has 0 aliphatic carbocycles. The topological polar surface area (TPSA) is 75.8 Å². The van der Waals surface area contributed by atoms with Gasteiger partial charge in [0.25, 0.3) is 0 Å². The number of nitrogens with one attached hydrogen (secondary N) is 1. The maximum Gasteiger partial charge on any atom is 0.193 e. The fraction of sp³-hybridized carbons (Fsp3) is 0.217. The Morgan fingerprint density at radius 3 is 2.50 bits per heavy atom. The molecule has 4 rings (SSSR count). The van der Waals surface area contributed by atoms with E-state index in [1.165, 1.54) is 12.8 Å². The molecule has 1 aliphatic heterocycles. The van der Waals surface area contributed by atoms with Gasteiger partial charge < -0.3 is 20.7 Å². The largest absolute Gasteiger partial charge is 0.457 e. The van der Waals surface area contributed by atoms with E-state index in [1.54, 1.807) is 0 Å². The Labute approximate surface area is 194 Å². The highest BCUT2D eigenvalue weighted by atomic mass is 127. The van der Waals surface area contributed by atoms with Gasteiger partial charge in [-0.2, -0.15) is 0 Å². The number of para-hydroxylation sites is 1. The van der Waals surface area contributed by atoms with Gasteiger partial charge in [0.15, 0.2) is 5.96 Å². The molecule has 0 atom stereocenters. The van der Waals surface area contributed by atoms with Crippen LogP contribution in [0, 0.1) is 0 Å². The van der Waals surface area contributed by atoms with Crippen LogP contribution in [0.4, 0.5) is 11.5 Å². The Morgan fingerprint density at radius 2 is 1.77 bits per heavy atom. The zero-order chi connectivity index (χ0) is 19.9. The van der Waals surface area contributed by atoms with Crippen molar-refractivity contribution in [3.63, 3.8) is 0 Å². The number of benzene rings is 2. The van der Waals surface area contributed by atoms with Gasteiger partial charge in [-0.15, -0.1) is 24.0 Å². The van der Waals surface area contributed by atoms with Crippen LogP contribution in [0.2, 0.25) is 0 Å². The summed E-state index contributed by atoms with van der Waals surface area (Å²) in [6.07, 6.45) is 4.36. The smallest absolute Gasteiger partial charge is 0.193 e. The Hall–Kier alpha value is -2.81. The maximum atomic E-state index is 6.06. The second-order valence-corrected chi connectivity index (χ2v) is 6.99. The number of hydrogen-bond acceptors (Lipinski definition) is 4. The lowest BCUT2D eigenvalue weighted by molar-refractivity contribution is 0.483. The summed E-state index contributed by atoms with van der Waals surface area (Å²) in [5.41, 5.74) is 7.90. The summed E-state index contributed by atoms with van der Waals surface area (Å²) >= 11 is 0. The summed E-state index contributed by atoms with van der Waals surface area (Å²) in [6, 6.07) is 21.4. The third-order valence-corrected chi connectivity index (χ3v) is 4.76. The van der Waals surface area contributed by atoms with Gasteiger partial charge in [-0.1, -0.05) is 30.3 Å². The second-order valence-electron chi connectivity index (χ2n) is 6.99. The summed E-state index contributed by atoms with van der Waals surface area (Å²) in [5, 5.41) is 3.11. The lowest BCUT2D eigenvalue weighted by Crippen LogP contribution is -2.22. The van der Waals surface area contributed by atoms with Crippen LogP contribution in [0.5, 0.6) is 11.5 Å². The first-order valence-corrected chi connectivity index (χ1v) is 9.86.